The maximum Gasteiger partial charge on any atom is 0.352 e. The Bertz CT molecular complexity index is 1050. The fourth-order valence-electron chi connectivity index (χ4n) is 4.54. The average molecular weight is 431 g/mol. The largest absolute Gasteiger partial charge is 0.478 e. The van der Waals surface area contributed by atoms with Crippen molar-refractivity contribution in [2.45, 2.75) is 18.3 Å². The summed E-state index contributed by atoms with van der Waals surface area (Å²) < 4.78 is 14.6. The molecule has 0 atom stereocenters. The molecule has 156 valence electrons. The van der Waals surface area contributed by atoms with E-state index >= 15 is 0 Å². The molecule has 2 aliphatic rings. The fourth-order valence-corrected chi connectivity index (χ4v) is 4.71. The summed E-state index contributed by atoms with van der Waals surface area (Å²) in [5, 5.41) is 19.0. The van der Waals surface area contributed by atoms with Gasteiger partial charge >= 0.3 is 11.9 Å². The van der Waals surface area contributed by atoms with Crippen LogP contribution >= 0.6 is 11.6 Å². The van der Waals surface area contributed by atoms with Gasteiger partial charge in [-0.3, -0.25) is 0 Å². The molecule has 0 bridgehead atoms. The van der Waals surface area contributed by atoms with Crippen molar-refractivity contribution >= 4 is 34.9 Å². The SMILES string of the molecule is O=C(O)C=C(C(=O)O)N1CCC2(CC1)CN(c1ccccc1F)c1cc(Cl)ccc12. The number of carboxylic acids is 2. The van der Waals surface area contributed by atoms with E-state index in [-0.39, 0.29) is 16.9 Å². The highest BCUT2D eigenvalue weighted by Gasteiger charge is 2.46. The van der Waals surface area contributed by atoms with Crippen LogP contribution in [0, 0.1) is 5.82 Å². The first kappa shape index (κ1) is 20.2. The van der Waals surface area contributed by atoms with Gasteiger partial charge in [-0.25, -0.2) is 14.0 Å². The Morgan fingerprint density at radius 1 is 1.07 bits per heavy atom. The summed E-state index contributed by atoms with van der Waals surface area (Å²) >= 11 is 6.23. The summed E-state index contributed by atoms with van der Waals surface area (Å²) in [6.45, 7) is 1.32. The van der Waals surface area contributed by atoms with Crippen molar-refractivity contribution in [1.82, 2.24) is 4.90 Å². The van der Waals surface area contributed by atoms with E-state index in [0.29, 0.717) is 43.2 Å². The number of aliphatic carboxylic acids is 2. The van der Waals surface area contributed by atoms with Crippen LogP contribution in [0.4, 0.5) is 15.8 Å². The van der Waals surface area contributed by atoms with E-state index in [1.54, 1.807) is 23.1 Å². The number of piperidine rings is 1. The molecule has 2 N–H and O–H groups in total. The number of rotatable bonds is 4. The van der Waals surface area contributed by atoms with E-state index in [1.165, 1.54) is 6.07 Å². The lowest BCUT2D eigenvalue weighted by Crippen LogP contribution is -2.45. The molecule has 0 unspecified atom stereocenters. The summed E-state index contributed by atoms with van der Waals surface area (Å²) in [6.07, 6.45) is 1.95. The van der Waals surface area contributed by atoms with Crippen molar-refractivity contribution in [3.8, 4) is 0 Å². The monoisotopic (exact) mass is 430 g/mol. The van der Waals surface area contributed by atoms with Crippen LogP contribution in [0.25, 0.3) is 0 Å². The molecule has 6 nitrogen and oxygen atoms in total. The van der Waals surface area contributed by atoms with Crippen LogP contribution in [0.1, 0.15) is 18.4 Å². The molecule has 0 aromatic heterocycles. The van der Waals surface area contributed by atoms with Crippen LogP contribution in [0.5, 0.6) is 0 Å². The Morgan fingerprint density at radius 3 is 2.40 bits per heavy atom. The van der Waals surface area contributed by atoms with Crippen molar-refractivity contribution < 1.29 is 24.2 Å². The van der Waals surface area contributed by atoms with Gasteiger partial charge in [0.05, 0.1) is 11.8 Å². The number of halogens is 2. The normalized spacial score (nSPS) is 17.9. The number of anilines is 2. The van der Waals surface area contributed by atoms with E-state index in [9.17, 15) is 19.1 Å². The number of likely N-dealkylation sites (tertiary alicyclic amines) is 1. The predicted octanol–water partition coefficient (Wildman–Crippen LogP) is 4.02. The number of hydrogen-bond donors (Lipinski definition) is 2. The quantitative estimate of drug-likeness (QED) is 0.713. The Labute approximate surface area is 177 Å². The molecule has 0 aliphatic carbocycles. The Hall–Kier alpha value is -3.06. The molecular formula is C22H20ClFN2O4. The number of fused-ring (bicyclic) bond motifs is 2. The van der Waals surface area contributed by atoms with Crippen LogP contribution in [0.15, 0.2) is 54.2 Å². The third kappa shape index (κ3) is 3.50. The second-order valence-electron chi connectivity index (χ2n) is 7.64. The lowest BCUT2D eigenvalue weighted by molar-refractivity contribution is -0.136. The molecule has 2 heterocycles. The first-order chi connectivity index (χ1) is 14.3. The van der Waals surface area contributed by atoms with E-state index in [1.807, 2.05) is 23.1 Å². The van der Waals surface area contributed by atoms with Crippen molar-refractivity contribution in [3.05, 3.63) is 70.6 Å². The predicted molar refractivity (Wildman–Crippen MR) is 111 cm³/mol. The summed E-state index contributed by atoms with van der Waals surface area (Å²) in [5.41, 5.74) is 1.84. The van der Waals surface area contributed by atoms with Crippen molar-refractivity contribution in [2.24, 2.45) is 0 Å². The van der Waals surface area contributed by atoms with Gasteiger partial charge in [0.15, 0.2) is 0 Å². The van der Waals surface area contributed by atoms with Gasteiger partial charge < -0.3 is 20.0 Å². The summed E-state index contributed by atoms with van der Waals surface area (Å²) in [4.78, 5) is 26.0. The molecule has 30 heavy (non-hydrogen) atoms. The summed E-state index contributed by atoms with van der Waals surface area (Å²) in [7, 11) is 0. The Kier molecular flexibility index (Phi) is 5.15. The highest BCUT2D eigenvalue weighted by Crippen LogP contribution is 2.50. The maximum absolute atomic E-state index is 14.6. The molecule has 0 saturated carbocycles. The first-order valence-electron chi connectivity index (χ1n) is 9.56. The standard InChI is InChI=1S/C22H20ClFN2O4/c23-14-5-6-15-18(11-14)26(17-4-2-1-3-16(17)24)13-22(15)7-9-25(10-8-22)19(21(29)30)12-20(27)28/h1-6,11-12H,7-10,13H2,(H,27,28)(H,29,30). The van der Waals surface area contributed by atoms with Crippen LogP contribution < -0.4 is 4.90 Å². The molecule has 1 spiro atoms. The van der Waals surface area contributed by atoms with E-state index in [2.05, 4.69) is 0 Å². The molecule has 2 aromatic carbocycles. The van der Waals surface area contributed by atoms with Crippen molar-refractivity contribution in [2.75, 3.05) is 24.5 Å². The van der Waals surface area contributed by atoms with Crippen molar-refractivity contribution in [3.63, 3.8) is 0 Å². The summed E-state index contributed by atoms with van der Waals surface area (Å²) in [5.74, 6) is -2.88. The number of para-hydroxylation sites is 1. The molecule has 1 fully saturated rings. The molecule has 0 radical (unpaired) electrons. The zero-order valence-electron chi connectivity index (χ0n) is 16.0. The minimum Gasteiger partial charge on any atom is -0.478 e. The third-order valence-corrected chi connectivity index (χ3v) is 6.20. The second kappa shape index (κ2) is 7.65. The maximum atomic E-state index is 14.6. The minimum absolute atomic E-state index is 0.224. The van der Waals surface area contributed by atoms with Crippen molar-refractivity contribution in [1.29, 1.82) is 0 Å². The first-order valence-corrected chi connectivity index (χ1v) is 9.93. The molecule has 8 heteroatoms. The van der Waals surface area contributed by atoms with E-state index in [0.717, 1.165) is 17.3 Å². The lowest BCUT2D eigenvalue weighted by Gasteiger charge is -2.41. The number of carboxylic acid groups (broad SMARTS) is 2. The van der Waals surface area contributed by atoms with E-state index < -0.39 is 11.9 Å². The molecular weight excluding hydrogens is 411 g/mol. The number of nitrogens with zero attached hydrogens (tertiary/aromatic N) is 2. The Balaban J connectivity index is 1.67. The van der Waals surface area contributed by atoms with Gasteiger partial charge in [0.1, 0.15) is 11.5 Å². The summed E-state index contributed by atoms with van der Waals surface area (Å²) in [6, 6.07) is 12.2. The fraction of sp³-hybridized carbons (Fsp3) is 0.273. The van der Waals surface area contributed by atoms with Gasteiger partial charge in [-0.05, 0) is 42.7 Å². The number of carbonyl (C=O) groups is 2. The number of benzene rings is 2. The van der Waals surface area contributed by atoms with Gasteiger partial charge in [0.25, 0.3) is 0 Å². The second-order valence-corrected chi connectivity index (χ2v) is 8.08. The molecule has 2 aromatic rings. The molecule has 0 amide bonds. The van der Waals surface area contributed by atoms with Gasteiger partial charge in [0.2, 0.25) is 0 Å². The lowest BCUT2D eigenvalue weighted by atomic mass is 9.74. The smallest absolute Gasteiger partial charge is 0.352 e. The van der Waals surface area contributed by atoms with E-state index in [4.69, 9.17) is 16.7 Å². The highest BCUT2D eigenvalue weighted by atomic mass is 35.5. The van der Waals surface area contributed by atoms with Gasteiger partial charge in [0, 0.05) is 35.8 Å². The van der Waals surface area contributed by atoms with Crippen LogP contribution in [-0.4, -0.2) is 46.7 Å². The Morgan fingerprint density at radius 2 is 1.77 bits per heavy atom. The van der Waals surface area contributed by atoms with Crippen LogP contribution in [0.3, 0.4) is 0 Å². The molecule has 1 saturated heterocycles. The topological polar surface area (TPSA) is 81.1 Å². The molecule has 4 rings (SSSR count). The number of hydrogen-bond acceptors (Lipinski definition) is 4. The van der Waals surface area contributed by atoms with Crippen LogP contribution in [-0.2, 0) is 15.0 Å². The zero-order valence-corrected chi connectivity index (χ0v) is 16.8. The molecule has 2 aliphatic heterocycles. The van der Waals surface area contributed by atoms with Gasteiger partial charge in [-0.15, -0.1) is 0 Å². The third-order valence-electron chi connectivity index (χ3n) is 5.97. The zero-order chi connectivity index (χ0) is 21.5. The highest BCUT2D eigenvalue weighted by molar-refractivity contribution is 6.31. The average Bonchev–Trinajstić information content (AvgIpc) is 3.00. The minimum atomic E-state index is -1.29. The van der Waals surface area contributed by atoms with Crippen LogP contribution in [0.2, 0.25) is 5.02 Å². The van der Waals surface area contributed by atoms with Gasteiger partial charge in [-0.1, -0.05) is 29.8 Å². The van der Waals surface area contributed by atoms with Gasteiger partial charge in [-0.2, -0.15) is 0 Å².